The van der Waals surface area contributed by atoms with Crippen LogP contribution < -0.4 is 10.1 Å². The minimum absolute atomic E-state index is 0.263. The summed E-state index contributed by atoms with van der Waals surface area (Å²) in [5.41, 5.74) is 0.819. The summed E-state index contributed by atoms with van der Waals surface area (Å²) in [6, 6.07) is 8.91. The molecule has 0 fully saturated rings. The van der Waals surface area contributed by atoms with Crippen molar-refractivity contribution in [3.05, 3.63) is 51.2 Å². The number of thiophene rings is 1. The smallest absolute Gasteiger partial charge is 0.344 e. The maximum atomic E-state index is 11.6. The Morgan fingerprint density at radius 3 is 2.78 bits per heavy atom. The average Bonchev–Trinajstić information content (AvgIpc) is 3.03. The van der Waals surface area contributed by atoms with Gasteiger partial charge in [-0.2, -0.15) is 0 Å². The molecule has 0 aliphatic rings. The lowest BCUT2D eigenvalue weighted by Gasteiger charge is -2.09. The molecular weight excluding hydrogens is 338 g/mol. The van der Waals surface area contributed by atoms with E-state index in [0.717, 1.165) is 10.4 Å². The van der Waals surface area contributed by atoms with Crippen molar-refractivity contribution < 1.29 is 19.1 Å². The molecule has 0 radical (unpaired) electrons. The van der Waals surface area contributed by atoms with Crippen molar-refractivity contribution >= 4 is 34.8 Å². The van der Waals surface area contributed by atoms with E-state index in [0.29, 0.717) is 17.3 Å². The van der Waals surface area contributed by atoms with Crippen molar-refractivity contribution in [2.24, 2.45) is 0 Å². The Bertz CT molecular complexity index is 673. The third-order valence-corrected chi connectivity index (χ3v) is 4.00. The molecular formula is C16H16ClNO4S. The van der Waals surface area contributed by atoms with Gasteiger partial charge in [0.05, 0.1) is 6.54 Å². The average molecular weight is 354 g/mol. The Labute approximate surface area is 143 Å². The molecule has 1 aromatic heterocycles. The number of ether oxygens (including phenoxy) is 2. The number of rotatable bonds is 7. The summed E-state index contributed by atoms with van der Waals surface area (Å²) in [5.74, 6) is -0.409. The number of esters is 1. The molecule has 0 aliphatic heterocycles. The molecule has 2 rings (SSSR count). The lowest BCUT2D eigenvalue weighted by atomic mass is 10.2. The molecule has 122 valence electrons. The molecule has 7 heteroatoms. The molecule has 0 atom stereocenters. The molecule has 0 spiro atoms. The van der Waals surface area contributed by atoms with Crippen LogP contribution in [0.25, 0.3) is 0 Å². The lowest BCUT2D eigenvalue weighted by Crippen LogP contribution is -2.29. The molecule has 0 bridgehead atoms. The van der Waals surface area contributed by atoms with E-state index < -0.39 is 5.97 Å². The number of aryl methyl sites for hydroxylation is 1. The molecule has 0 saturated carbocycles. The fourth-order valence-corrected chi connectivity index (χ4v) is 2.62. The number of nitrogens with one attached hydrogen (secondary N) is 1. The molecule has 0 aliphatic carbocycles. The van der Waals surface area contributed by atoms with E-state index in [4.69, 9.17) is 21.1 Å². The van der Waals surface area contributed by atoms with Crippen LogP contribution in [-0.2, 0) is 20.9 Å². The zero-order valence-corrected chi connectivity index (χ0v) is 14.1. The third kappa shape index (κ3) is 5.92. The monoisotopic (exact) mass is 353 g/mol. The Hall–Kier alpha value is -2.05. The normalized spacial score (nSPS) is 10.2. The topological polar surface area (TPSA) is 64.6 Å². The summed E-state index contributed by atoms with van der Waals surface area (Å²) in [6.07, 6.45) is 0. The number of benzene rings is 1. The van der Waals surface area contributed by atoms with E-state index >= 15 is 0 Å². The molecule has 1 amide bonds. The summed E-state index contributed by atoms with van der Waals surface area (Å²) in [4.78, 5) is 24.2. The van der Waals surface area contributed by atoms with Gasteiger partial charge in [-0.15, -0.1) is 11.3 Å². The van der Waals surface area contributed by atoms with Gasteiger partial charge in [-0.25, -0.2) is 4.79 Å². The standard InChI is InChI=1S/C16H16ClNO4S/c1-11-7-12(17)4-5-14(11)21-10-16(20)22-9-15(19)18-8-13-3-2-6-23-13/h2-7H,8-10H2,1H3,(H,18,19). The van der Waals surface area contributed by atoms with E-state index in [9.17, 15) is 9.59 Å². The molecule has 5 nitrogen and oxygen atoms in total. The van der Waals surface area contributed by atoms with Crippen molar-refractivity contribution in [3.63, 3.8) is 0 Å². The Morgan fingerprint density at radius 1 is 1.26 bits per heavy atom. The Balaban J connectivity index is 1.67. The van der Waals surface area contributed by atoms with Gasteiger partial charge in [-0.3, -0.25) is 4.79 Å². The summed E-state index contributed by atoms with van der Waals surface area (Å²) < 4.78 is 10.2. The van der Waals surface area contributed by atoms with Gasteiger partial charge in [-0.1, -0.05) is 17.7 Å². The van der Waals surface area contributed by atoms with Crippen LogP contribution in [0.3, 0.4) is 0 Å². The second-order valence-electron chi connectivity index (χ2n) is 4.72. The minimum Gasteiger partial charge on any atom is -0.482 e. The number of hydrogen-bond acceptors (Lipinski definition) is 5. The first-order valence-corrected chi connectivity index (χ1v) is 8.14. The van der Waals surface area contributed by atoms with Crippen molar-refractivity contribution in [2.75, 3.05) is 13.2 Å². The zero-order chi connectivity index (χ0) is 16.7. The summed E-state index contributed by atoms with van der Waals surface area (Å²) in [5, 5.41) is 5.19. The van der Waals surface area contributed by atoms with Crippen molar-refractivity contribution in [1.82, 2.24) is 5.32 Å². The van der Waals surface area contributed by atoms with Gasteiger partial charge in [0.25, 0.3) is 5.91 Å². The Morgan fingerprint density at radius 2 is 2.09 bits per heavy atom. The number of amides is 1. The van der Waals surface area contributed by atoms with E-state index in [1.165, 1.54) is 0 Å². The SMILES string of the molecule is Cc1cc(Cl)ccc1OCC(=O)OCC(=O)NCc1cccs1. The summed E-state index contributed by atoms with van der Waals surface area (Å²) in [7, 11) is 0. The third-order valence-electron chi connectivity index (χ3n) is 2.89. The maximum Gasteiger partial charge on any atom is 0.344 e. The van der Waals surface area contributed by atoms with Gasteiger partial charge in [0, 0.05) is 9.90 Å². The number of hydrogen-bond donors (Lipinski definition) is 1. The van der Waals surface area contributed by atoms with Crippen molar-refractivity contribution in [3.8, 4) is 5.75 Å². The largest absolute Gasteiger partial charge is 0.482 e. The first-order chi connectivity index (χ1) is 11.0. The van der Waals surface area contributed by atoms with Gasteiger partial charge < -0.3 is 14.8 Å². The number of halogens is 1. The quantitative estimate of drug-likeness (QED) is 0.777. The van der Waals surface area contributed by atoms with Gasteiger partial charge in [0.15, 0.2) is 13.2 Å². The van der Waals surface area contributed by atoms with Crippen LogP contribution in [0.2, 0.25) is 5.02 Å². The highest BCUT2D eigenvalue weighted by Gasteiger charge is 2.09. The highest BCUT2D eigenvalue weighted by atomic mass is 35.5. The van der Waals surface area contributed by atoms with E-state index in [1.807, 2.05) is 24.4 Å². The second-order valence-corrected chi connectivity index (χ2v) is 6.18. The first kappa shape index (κ1) is 17.3. The van der Waals surface area contributed by atoms with E-state index in [2.05, 4.69) is 5.32 Å². The summed E-state index contributed by atoms with van der Waals surface area (Å²) >= 11 is 7.39. The highest BCUT2D eigenvalue weighted by Crippen LogP contribution is 2.21. The van der Waals surface area contributed by atoms with Gasteiger partial charge in [-0.05, 0) is 42.1 Å². The van der Waals surface area contributed by atoms with Crippen LogP contribution in [-0.4, -0.2) is 25.1 Å². The fourth-order valence-electron chi connectivity index (χ4n) is 1.75. The van der Waals surface area contributed by atoms with Crippen LogP contribution in [0.15, 0.2) is 35.7 Å². The predicted octanol–water partition coefficient (Wildman–Crippen LogP) is 2.95. The molecule has 23 heavy (non-hydrogen) atoms. The second kappa shape index (κ2) is 8.55. The number of carbonyl (C=O) groups excluding carboxylic acids is 2. The molecule has 0 saturated heterocycles. The fraction of sp³-hybridized carbons (Fsp3) is 0.250. The predicted molar refractivity (Wildman–Crippen MR) is 88.8 cm³/mol. The van der Waals surface area contributed by atoms with Crippen molar-refractivity contribution in [1.29, 1.82) is 0 Å². The van der Waals surface area contributed by atoms with Crippen LogP contribution >= 0.6 is 22.9 Å². The summed E-state index contributed by atoms with van der Waals surface area (Å²) in [6.45, 7) is 1.66. The molecule has 1 N–H and O–H groups in total. The van der Waals surface area contributed by atoms with Gasteiger partial charge >= 0.3 is 5.97 Å². The first-order valence-electron chi connectivity index (χ1n) is 6.88. The lowest BCUT2D eigenvalue weighted by molar-refractivity contribution is -0.150. The van der Waals surface area contributed by atoms with E-state index in [1.54, 1.807) is 29.5 Å². The van der Waals surface area contributed by atoms with Crippen LogP contribution in [0.5, 0.6) is 5.75 Å². The molecule has 1 aromatic carbocycles. The zero-order valence-electron chi connectivity index (χ0n) is 12.5. The van der Waals surface area contributed by atoms with Crippen LogP contribution in [0, 0.1) is 6.92 Å². The maximum absolute atomic E-state index is 11.6. The van der Waals surface area contributed by atoms with Crippen LogP contribution in [0.4, 0.5) is 0 Å². The minimum atomic E-state index is -0.606. The van der Waals surface area contributed by atoms with Crippen molar-refractivity contribution in [2.45, 2.75) is 13.5 Å². The molecule has 0 unspecified atom stereocenters. The molecule has 1 heterocycles. The highest BCUT2D eigenvalue weighted by molar-refractivity contribution is 7.09. The van der Waals surface area contributed by atoms with Gasteiger partial charge in [0.1, 0.15) is 5.75 Å². The number of carbonyl (C=O) groups is 2. The Kier molecular flexibility index (Phi) is 6.43. The van der Waals surface area contributed by atoms with E-state index in [-0.39, 0.29) is 19.1 Å². The van der Waals surface area contributed by atoms with Gasteiger partial charge in [0.2, 0.25) is 0 Å². The van der Waals surface area contributed by atoms with Crippen LogP contribution in [0.1, 0.15) is 10.4 Å². The molecule has 2 aromatic rings.